The van der Waals surface area contributed by atoms with Crippen LogP contribution in [0.1, 0.15) is 5.56 Å². The van der Waals surface area contributed by atoms with E-state index in [2.05, 4.69) is 5.32 Å². The number of likely N-dealkylation sites (N-methyl/N-ethyl adjacent to an activating group) is 1. The van der Waals surface area contributed by atoms with Crippen molar-refractivity contribution in [1.82, 2.24) is 10.2 Å². The molecule has 1 aromatic carbocycles. The number of nitrogens with one attached hydrogen (secondary N) is 1. The Morgan fingerprint density at radius 1 is 1.44 bits per heavy atom. The van der Waals surface area contributed by atoms with Gasteiger partial charge in [0.25, 0.3) is 0 Å². The lowest BCUT2D eigenvalue weighted by atomic mass is 10.2. The maximum atomic E-state index is 9.72. The van der Waals surface area contributed by atoms with Gasteiger partial charge < -0.3 is 20.1 Å². The van der Waals surface area contributed by atoms with Crippen molar-refractivity contribution < 1.29 is 9.84 Å². The lowest BCUT2D eigenvalue weighted by Gasteiger charge is -2.17. The minimum atomic E-state index is -0.395. The van der Waals surface area contributed by atoms with Gasteiger partial charge in [0.2, 0.25) is 0 Å². The zero-order valence-electron chi connectivity index (χ0n) is 11.1. The quantitative estimate of drug-likeness (QED) is 0.787. The molecule has 18 heavy (non-hydrogen) atoms. The maximum Gasteiger partial charge on any atom is 0.124 e. The van der Waals surface area contributed by atoms with E-state index in [1.165, 1.54) is 0 Å². The largest absolute Gasteiger partial charge is 0.496 e. The Morgan fingerprint density at radius 2 is 2.17 bits per heavy atom. The van der Waals surface area contributed by atoms with Crippen LogP contribution in [0.25, 0.3) is 0 Å². The minimum absolute atomic E-state index is 0.395. The number of aliphatic hydroxyl groups excluding tert-OH is 1. The van der Waals surface area contributed by atoms with Gasteiger partial charge in [-0.05, 0) is 26.2 Å². The van der Waals surface area contributed by atoms with Crippen molar-refractivity contribution in [2.45, 2.75) is 12.6 Å². The normalized spacial score (nSPS) is 12.8. The molecule has 0 radical (unpaired) electrons. The van der Waals surface area contributed by atoms with Gasteiger partial charge in [-0.3, -0.25) is 0 Å². The summed E-state index contributed by atoms with van der Waals surface area (Å²) in [6.45, 7) is 1.73. The highest BCUT2D eigenvalue weighted by Crippen LogP contribution is 2.25. The molecule has 0 amide bonds. The summed E-state index contributed by atoms with van der Waals surface area (Å²) in [6.07, 6.45) is -0.395. The smallest absolute Gasteiger partial charge is 0.124 e. The molecule has 0 spiro atoms. The Hall–Kier alpha value is -0.810. The highest BCUT2D eigenvalue weighted by Gasteiger charge is 2.09. The summed E-state index contributed by atoms with van der Waals surface area (Å²) in [5, 5.41) is 13.6. The second kappa shape index (κ2) is 7.59. The number of hydrogen-bond donors (Lipinski definition) is 2. The SMILES string of the molecule is COc1cccc(Cl)c1CNCC(O)CN(C)C. The van der Waals surface area contributed by atoms with Crippen LogP contribution < -0.4 is 10.1 Å². The Morgan fingerprint density at radius 3 is 2.78 bits per heavy atom. The fraction of sp³-hybridized carbons (Fsp3) is 0.538. The van der Waals surface area contributed by atoms with E-state index in [0.29, 0.717) is 24.7 Å². The van der Waals surface area contributed by atoms with Gasteiger partial charge in [-0.25, -0.2) is 0 Å². The molecule has 1 aromatic rings. The predicted molar refractivity (Wildman–Crippen MR) is 74.3 cm³/mol. The standard InChI is InChI=1S/C13H21ClN2O2/c1-16(2)9-10(17)7-15-8-11-12(14)5-4-6-13(11)18-3/h4-6,10,15,17H,7-9H2,1-3H3. The van der Waals surface area contributed by atoms with Gasteiger partial charge >= 0.3 is 0 Å². The second-order valence-corrected chi connectivity index (χ2v) is 4.87. The van der Waals surface area contributed by atoms with E-state index in [4.69, 9.17) is 16.3 Å². The van der Waals surface area contributed by atoms with Crippen LogP contribution in [-0.2, 0) is 6.54 Å². The fourth-order valence-electron chi connectivity index (χ4n) is 1.75. The number of benzene rings is 1. The number of nitrogens with zero attached hydrogens (tertiary/aromatic N) is 1. The first-order valence-electron chi connectivity index (χ1n) is 5.89. The van der Waals surface area contributed by atoms with Gasteiger partial charge in [-0.1, -0.05) is 17.7 Å². The Bertz CT molecular complexity index is 372. The van der Waals surface area contributed by atoms with E-state index in [0.717, 1.165) is 11.3 Å². The highest BCUT2D eigenvalue weighted by atomic mass is 35.5. The lowest BCUT2D eigenvalue weighted by Crippen LogP contribution is -2.34. The average molecular weight is 273 g/mol. The summed E-state index contributed by atoms with van der Waals surface area (Å²) in [6, 6.07) is 5.56. The third-order valence-electron chi connectivity index (χ3n) is 2.55. The first-order valence-corrected chi connectivity index (χ1v) is 6.27. The molecule has 4 nitrogen and oxygen atoms in total. The molecule has 0 bridgehead atoms. The molecule has 0 fully saturated rings. The van der Waals surface area contributed by atoms with Gasteiger partial charge in [0, 0.05) is 30.2 Å². The molecule has 1 atom stereocenters. The summed E-state index contributed by atoms with van der Waals surface area (Å²) in [7, 11) is 5.48. The number of aliphatic hydroxyl groups is 1. The number of halogens is 1. The van der Waals surface area contributed by atoms with Crippen LogP contribution in [0.2, 0.25) is 5.02 Å². The molecule has 1 unspecified atom stereocenters. The van der Waals surface area contributed by atoms with Crippen LogP contribution in [0.3, 0.4) is 0 Å². The van der Waals surface area contributed by atoms with E-state index < -0.39 is 6.10 Å². The molecule has 2 N–H and O–H groups in total. The topological polar surface area (TPSA) is 44.7 Å². The molecule has 0 saturated heterocycles. The Kier molecular flexibility index (Phi) is 6.43. The number of hydrogen-bond acceptors (Lipinski definition) is 4. The average Bonchev–Trinajstić information content (AvgIpc) is 2.30. The van der Waals surface area contributed by atoms with Gasteiger partial charge in [0.1, 0.15) is 5.75 Å². The summed E-state index contributed by atoms with van der Waals surface area (Å²) in [5.74, 6) is 0.761. The molecule has 0 aliphatic rings. The molecule has 102 valence electrons. The molecule has 0 aliphatic carbocycles. The molecule has 0 aromatic heterocycles. The third-order valence-corrected chi connectivity index (χ3v) is 2.91. The van der Waals surface area contributed by atoms with Crippen molar-refractivity contribution >= 4 is 11.6 Å². The molecule has 0 saturated carbocycles. The van der Waals surface area contributed by atoms with Crippen LogP contribution in [0.15, 0.2) is 18.2 Å². The molecule has 5 heteroatoms. The summed E-state index contributed by atoms with van der Waals surface area (Å²) in [4.78, 5) is 1.95. The zero-order chi connectivity index (χ0) is 13.5. The van der Waals surface area contributed by atoms with Crippen molar-refractivity contribution in [3.8, 4) is 5.75 Å². The monoisotopic (exact) mass is 272 g/mol. The van der Waals surface area contributed by atoms with Gasteiger partial charge in [0.05, 0.1) is 13.2 Å². The van der Waals surface area contributed by atoms with Crippen molar-refractivity contribution in [1.29, 1.82) is 0 Å². The number of ether oxygens (including phenoxy) is 1. The predicted octanol–water partition coefficient (Wildman–Crippen LogP) is 1.36. The molecular formula is C13H21ClN2O2. The first-order chi connectivity index (χ1) is 8.54. The molecule has 0 aliphatic heterocycles. The summed E-state index contributed by atoms with van der Waals surface area (Å²) in [5.41, 5.74) is 0.915. The summed E-state index contributed by atoms with van der Waals surface area (Å²) < 4.78 is 5.25. The lowest BCUT2D eigenvalue weighted by molar-refractivity contribution is 0.134. The van der Waals surface area contributed by atoms with E-state index in [1.807, 2.05) is 37.2 Å². The number of methoxy groups -OCH3 is 1. The maximum absolute atomic E-state index is 9.72. The van der Waals surface area contributed by atoms with E-state index in [-0.39, 0.29) is 0 Å². The Balaban J connectivity index is 2.48. The van der Waals surface area contributed by atoms with Crippen molar-refractivity contribution in [3.63, 3.8) is 0 Å². The van der Waals surface area contributed by atoms with E-state index in [1.54, 1.807) is 7.11 Å². The van der Waals surface area contributed by atoms with E-state index in [9.17, 15) is 5.11 Å². The van der Waals surface area contributed by atoms with E-state index >= 15 is 0 Å². The molecular weight excluding hydrogens is 252 g/mol. The first kappa shape index (κ1) is 15.2. The van der Waals surface area contributed by atoms with Crippen LogP contribution in [0.4, 0.5) is 0 Å². The second-order valence-electron chi connectivity index (χ2n) is 4.47. The van der Waals surface area contributed by atoms with Crippen LogP contribution >= 0.6 is 11.6 Å². The third kappa shape index (κ3) is 4.82. The fourth-order valence-corrected chi connectivity index (χ4v) is 1.98. The van der Waals surface area contributed by atoms with Gasteiger partial charge in [0.15, 0.2) is 0 Å². The van der Waals surface area contributed by atoms with Crippen molar-refractivity contribution in [3.05, 3.63) is 28.8 Å². The zero-order valence-corrected chi connectivity index (χ0v) is 11.9. The highest BCUT2D eigenvalue weighted by molar-refractivity contribution is 6.31. The summed E-state index contributed by atoms with van der Waals surface area (Å²) >= 11 is 6.12. The molecule has 0 heterocycles. The van der Waals surface area contributed by atoms with Crippen LogP contribution in [0, 0.1) is 0 Å². The van der Waals surface area contributed by atoms with Crippen molar-refractivity contribution in [2.75, 3.05) is 34.3 Å². The van der Waals surface area contributed by atoms with Crippen LogP contribution in [0.5, 0.6) is 5.75 Å². The van der Waals surface area contributed by atoms with Crippen molar-refractivity contribution in [2.24, 2.45) is 0 Å². The molecule has 1 rings (SSSR count). The van der Waals surface area contributed by atoms with Crippen LogP contribution in [-0.4, -0.2) is 50.4 Å². The Labute approximate surface area is 114 Å². The minimum Gasteiger partial charge on any atom is -0.496 e. The van der Waals surface area contributed by atoms with Gasteiger partial charge in [-0.2, -0.15) is 0 Å². The number of rotatable bonds is 7. The van der Waals surface area contributed by atoms with Gasteiger partial charge in [-0.15, -0.1) is 0 Å².